The lowest BCUT2D eigenvalue weighted by molar-refractivity contribution is -0.0988. The van der Waals surface area contributed by atoms with Crippen molar-refractivity contribution < 1.29 is 19.5 Å². The van der Waals surface area contributed by atoms with Crippen LogP contribution in [0.2, 0.25) is 0 Å². The van der Waals surface area contributed by atoms with Crippen LogP contribution in [0.3, 0.4) is 0 Å². The summed E-state index contributed by atoms with van der Waals surface area (Å²) < 4.78 is 13.2. The van der Waals surface area contributed by atoms with E-state index >= 15 is 0 Å². The van der Waals surface area contributed by atoms with Gasteiger partial charge in [-0.15, -0.1) is 0 Å². The molecule has 2 heterocycles. The molecular formula is C15H27BN2O4. The Kier molecular flexibility index (Phi) is 5.01. The first-order chi connectivity index (χ1) is 10.1. The monoisotopic (exact) mass is 310 g/mol. The third kappa shape index (κ3) is 3.71. The molecule has 7 heteroatoms. The lowest BCUT2D eigenvalue weighted by Crippen LogP contribution is -2.54. The highest BCUT2D eigenvalue weighted by Gasteiger charge is 2.41. The van der Waals surface area contributed by atoms with Crippen molar-refractivity contribution in [1.82, 2.24) is 9.78 Å². The van der Waals surface area contributed by atoms with Crippen molar-refractivity contribution in [2.75, 3.05) is 6.61 Å². The van der Waals surface area contributed by atoms with Gasteiger partial charge in [-0.2, -0.15) is 5.10 Å². The maximum absolute atomic E-state index is 10.5. The van der Waals surface area contributed by atoms with Crippen molar-refractivity contribution in [2.45, 2.75) is 71.3 Å². The Morgan fingerprint density at radius 2 is 2.05 bits per heavy atom. The molecule has 1 aromatic heterocycles. The summed E-state index contributed by atoms with van der Waals surface area (Å²) in [7, 11) is -1.17. The molecule has 0 aromatic carbocycles. The fourth-order valence-corrected chi connectivity index (χ4v) is 2.35. The third-order valence-corrected chi connectivity index (χ3v) is 4.45. The summed E-state index contributed by atoms with van der Waals surface area (Å²) in [6.45, 7) is 9.40. The van der Waals surface area contributed by atoms with Gasteiger partial charge in [0.05, 0.1) is 22.5 Å². The van der Waals surface area contributed by atoms with E-state index in [2.05, 4.69) is 5.10 Å². The Labute approximate surface area is 132 Å². The maximum Gasteiger partial charge on any atom is 0.511 e. The number of nitrogens with zero attached hydrogens (tertiary/aromatic N) is 2. The lowest BCUT2D eigenvalue weighted by atomic mass is 9.80. The van der Waals surface area contributed by atoms with Crippen molar-refractivity contribution in [1.29, 1.82) is 0 Å². The van der Waals surface area contributed by atoms with Crippen molar-refractivity contribution in [2.24, 2.45) is 0 Å². The predicted octanol–water partition coefficient (Wildman–Crippen LogP) is 1.14. The van der Waals surface area contributed by atoms with E-state index in [1.807, 2.05) is 6.92 Å². The van der Waals surface area contributed by atoms with Crippen LogP contribution < -0.4 is 5.59 Å². The van der Waals surface area contributed by atoms with Crippen LogP contribution in [0, 0.1) is 6.92 Å². The molecule has 1 saturated heterocycles. The van der Waals surface area contributed by atoms with E-state index in [0.29, 0.717) is 12.2 Å². The first-order valence-electron chi connectivity index (χ1n) is 7.88. The molecule has 1 aliphatic heterocycles. The average molecular weight is 310 g/mol. The zero-order valence-corrected chi connectivity index (χ0v) is 14.2. The van der Waals surface area contributed by atoms with Crippen molar-refractivity contribution >= 4 is 12.7 Å². The third-order valence-electron chi connectivity index (χ3n) is 4.45. The van der Waals surface area contributed by atoms with Crippen molar-refractivity contribution in [3.05, 3.63) is 11.8 Å². The van der Waals surface area contributed by atoms with E-state index in [1.165, 1.54) is 0 Å². The fraction of sp³-hybridized carbons (Fsp3) is 0.800. The number of hydrogen-bond acceptors (Lipinski definition) is 5. The minimum absolute atomic E-state index is 0.166. The summed E-state index contributed by atoms with van der Waals surface area (Å²) in [5.74, 6) is 0. The molecule has 124 valence electrons. The quantitative estimate of drug-likeness (QED) is 0.798. The Hall–Kier alpha value is -0.885. The standard InChI is InChI=1S/C15H27BN2O4/c1-11-10-12(16(20)22-15(4,5)14(2,3)19)18(17-11)13-8-6-7-9-21-13/h10,13,19-20H,6-9H2,1-5H3/t13-/m1/s1. The van der Waals surface area contributed by atoms with E-state index in [9.17, 15) is 10.1 Å². The number of rotatable bonds is 5. The molecular weight excluding hydrogens is 283 g/mol. The minimum atomic E-state index is -1.17. The van der Waals surface area contributed by atoms with Gasteiger partial charge in [0.1, 0.15) is 6.23 Å². The number of aromatic nitrogens is 2. The summed E-state index contributed by atoms with van der Waals surface area (Å²) in [5.41, 5.74) is -0.646. The topological polar surface area (TPSA) is 76.7 Å². The molecule has 0 saturated carbocycles. The zero-order chi connectivity index (χ0) is 16.5. The second-order valence-corrected chi connectivity index (χ2v) is 7.02. The molecule has 0 spiro atoms. The minimum Gasteiger partial charge on any atom is -0.422 e. The molecule has 0 bridgehead atoms. The number of hydrogen-bond donors (Lipinski definition) is 2. The second-order valence-electron chi connectivity index (χ2n) is 7.02. The highest BCUT2D eigenvalue weighted by molar-refractivity contribution is 6.59. The summed E-state index contributed by atoms with van der Waals surface area (Å²) in [4.78, 5) is 0. The highest BCUT2D eigenvalue weighted by atomic mass is 16.6. The van der Waals surface area contributed by atoms with E-state index < -0.39 is 18.3 Å². The number of aryl methyl sites for hydroxylation is 1. The van der Waals surface area contributed by atoms with Gasteiger partial charge in [0.15, 0.2) is 0 Å². The summed E-state index contributed by atoms with van der Waals surface area (Å²) in [6.07, 6.45) is 2.84. The number of ether oxygens (including phenoxy) is 1. The molecule has 0 unspecified atom stereocenters. The van der Waals surface area contributed by atoms with Crippen LogP contribution in [-0.2, 0) is 9.39 Å². The predicted molar refractivity (Wildman–Crippen MR) is 84.9 cm³/mol. The number of aliphatic hydroxyl groups is 1. The molecule has 2 N–H and O–H groups in total. The van der Waals surface area contributed by atoms with Crippen LogP contribution in [0.4, 0.5) is 0 Å². The molecule has 0 radical (unpaired) electrons. The summed E-state index contributed by atoms with van der Waals surface area (Å²) >= 11 is 0. The van der Waals surface area contributed by atoms with E-state index in [1.54, 1.807) is 38.4 Å². The maximum atomic E-state index is 10.5. The van der Waals surface area contributed by atoms with Crippen LogP contribution in [0.1, 0.15) is 58.9 Å². The van der Waals surface area contributed by atoms with Crippen LogP contribution in [0.5, 0.6) is 0 Å². The van der Waals surface area contributed by atoms with Gasteiger partial charge in [0, 0.05) is 6.61 Å². The normalized spacial score (nSPS) is 20.2. The Bertz CT molecular complexity index is 504. The second kappa shape index (κ2) is 6.32. The van der Waals surface area contributed by atoms with Gasteiger partial charge in [-0.1, -0.05) is 0 Å². The van der Waals surface area contributed by atoms with Crippen LogP contribution in [0.15, 0.2) is 6.07 Å². The van der Waals surface area contributed by atoms with Gasteiger partial charge in [0.2, 0.25) is 0 Å². The van der Waals surface area contributed by atoms with Gasteiger partial charge in [-0.05, 0) is 59.9 Å². The molecule has 1 aromatic rings. The van der Waals surface area contributed by atoms with Crippen LogP contribution in [-0.4, -0.2) is 44.8 Å². The zero-order valence-electron chi connectivity index (χ0n) is 14.2. The first kappa shape index (κ1) is 17.5. The van der Waals surface area contributed by atoms with Crippen molar-refractivity contribution in [3.8, 4) is 0 Å². The van der Waals surface area contributed by atoms with Crippen LogP contribution in [0.25, 0.3) is 0 Å². The molecule has 22 heavy (non-hydrogen) atoms. The molecule has 0 amide bonds. The molecule has 1 atom stereocenters. The SMILES string of the molecule is Cc1cc(B(O)OC(C)(C)C(C)(C)O)n([C@H]2CCCCO2)n1. The summed E-state index contributed by atoms with van der Waals surface area (Å²) in [5, 5.41) is 25.1. The smallest absolute Gasteiger partial charge is 0.422 e. The summed E-state index contributed by atoms with van der Waals surface area (Å²) in [6, 6.07) is 1.79. The van der Waals surface area contributed by atoms with Gasteiger partial charge in [0.25, 0.3) is 0 Å². The molecule has 2 rings (SSSR count). The Morgan fingerprint density at radius 1 is 1.36 bits per heavy atom. The van der Waals surface area contributed by atoms with E-state index in [-0.39, 0.29) is 6.23 Å². The molecule has 1 aliphatic rings. The van der Waals surface area contributed by atoms with Gasteiger partial charge < -0.3 is 19.5 Å². The highest BCUT2D eigenvalue weighted by Crippen LogP contribution is 2.26. The van der Waals surface area contributed by atoms with Gasteiger partial charge in [-0.3, -0.25) is 0 Å². The van der Waals surface area contributed by atoms with Crippen molar-refractivity contribution in [3.63, 3.8) is 0 Å². The Morgan fingerprint density at radius 3 is 2.59 bits per heavy atom. The van der Waals surface area contributed by atoms with E-state index in [4.69, 9.17) is 9.39 Å². The van der Waals surface area contributed by atoms with Gasteiger partial charge in [-0.25, -0.2) is 4.68 Å². The molecule has 1 fully saturated rings. The average Bonchev–Trinajstić information content (AvgIpc) is 2.80. The van der Waals surface area contributed by atoms with Gasteiger partial charge >= 0.3 is 7.12 Å². The lowest BCUT2D eigenvalue weighted by Gasteiger charge is -2.38. The van der Waals surface area contributed by atoms with E-state index in [0.717, 1.165) is 25.0 Å². The molecule has 0 aliphatic carbocycles. The largest absolute Gasteiger partial charge is 0.511 e. The Balaban J connectivity index is 2.21. The van der Waals surface area contributed by atoms with Crippen LogP contribution >= 0.6 is 0 Å². The first-order valence-corrected chi connectivity index (χ1v) is 7.88. The fourth-order valence-electron chi connectivity index (χ4n) is 2.35. The molecule has 6 nitrogen and oxygen atoms in total.